The molecular weight excluding hydrogens is 443 g/mol. The molecule has 0 radical (unpaired) electrons. The van der Waals surface area contributed by atoms with Crippen molar-refractivity contribution in [2.45, 2.75) is 10.6 Å². The van der Waals surface area contributed by atoms with E-state index < -0.39 is 0 Å². The van der Waals surface area contributed by atoms with Crippen LogP contribution < -0.4 is 4.90 Å². The van der Waals surface area contributed by atoms with Crippen LogP contribution in [0.5, 0.6) is 0 Å². The van der Waals surface area contributed by atoms with E-state index in [-0.39, 0.29) is 5.91 Å². The summed E-state index contributed by atoms with van der Waals surface area (Å²) in [5.74, 6) is 1.06. The molecule has 2 aromatic carbocycles. The second-order valence-electron chi connectivity index (χ2n) is 7.12. The average Bonchev–Trinajstić information content (AvgIpc) is 3.20. The van der Waals surface area contributed by atoms with E-state index in [0.29, 0.717) is 23.1 Å². The maximum atomic E-state index is 13.2. The summed E-state index contributed by atoms with van der Waals surface area (Å²) in [6.07, 6.45) is 0. The number of halogens is 2. The number of piperazine rings is 1. The Balaban J connectivity index is 1.32. The van der Waals surface area contributed by atoms with Crippen LogP contribution in [0.15, 0.2) is 53.4 Å². The van der Waals surface area contributed by atoms with Crippen molar-refractivity contribution in [1.29, 1.82) is 0 Å². The molecule has 0 bridgehead atoms. The van der Waals surface area contributed by atoms with Crippen LogP contribution in [0.1, 0.15) is 15.2 Å². The van der Waals surface area contributed by atoms with Crippen LogP contribution in [0.3, 0.4) is 0 Å². The summed E-state index contributed by atoms with van der Waals surface area (Å²) < 4.78 is 0. The highest BCUT2D eigenvalue weighted by Gasteiger charge is 2.27. The number of benzene rings is 2. The quantitative estimate of drug-likeness (QED) is 0.448. The van der Waals surface area contributed by atoms with Crippen molar-refractivity contribution < 1.29 is 4.79 Å². The minimum Gasteiger partial charge on any atom is -0.367 e. The molecule has 3 aromatic rings. The zero-order valence-electron chi connectivity index (χ0n) is 15.5. The number of amides is 1. The van der Waals surface area contributed by atoms with Gasteiger partial charge in [-0.1, -0.05) is 41.4 Å². The predicted octanol–water partition coefficient (Wildman–Crippen LogP) is 6.29. The summed E-state index contributed by atoms with van der Waals surface area (Å²) in [7, 11) is 0. The van der Waals surface area contributed by atoms with Crippen LogP contribution in [0, 0.1) is 0 Å². The zero-order chi connectivity index (χ0) is 20.0. The largest absolute Gasteiger partial charge is 0.367 e. The van der Waals surface area contributed by atoms with E-state index in [0.717, 1.165) is 29.4 Å². The van der Waals surface area contributed by atoms with Crippen LogP contribution in [-0.4, -0.2) is 37.0 Å². The topological polar surface area (TPSA) is 23.6 Å². The number of carbonyl (C=O) groups excluding carboxylic acids is 1. The third-order valence-corrected chi connectivity index (χ3v) is 8.23. The molecule has 3 heterocycles. The Kier molecular flexibility index (Phi) is 5.25. The van der Waals surface area contributed by atoms with Gasteiger partial charge in [0.2, 0.25) is 0 Å². The molecule has 1 fully saturated rings. The van der Waals surface area contributed by atoms with Crippen molar-refractivity contribution in [3.63, 3.8) is 0 Å². The summed E-state index contributed by atoms with van der Waals surface area (Å²) in [6, 6.07) is 16.0. The maximum Gasteiger partial charge on any atom is 0.264 e. The summed E-state index contributed by atoms with van der Waals surface area (Å²) in [5.41, 5.74) is 3.46. The number of carbonyl (C=O) groups is 1. The molecule has 0 unspecified atom stereocenters. The number of hydrogen-bond donors (Lipinski definition) is 0. The van der Waals surface area contributed by atoms with E-state index in [9.17, 15) is 4.79 Å². The minimum atomic E-state index is 0.128. The van der Waals surface area contributed by atoms with Gasteiger partial charge in [-0.25, -0.2) is 0 Å². The lowest BCUT2D eigenvalue weighted by atomic mass is 10.1. The zero-order valence-corrected chi connectivity index (χ0v) is 18.7. The summed E-state index contributed by atoms with van der Waals surface area (Å²) in [5, 5.41) is 1.36. The van der Waals surface area contributed by atoms with Crippen LogP contribution in [-0.2, 0) is 5.75 Å². The van der Waals surface area contributed by atoms with Gasteiger partial charge in [0.1, 0.15) is 0 Å². The van der Waals surface area contributed by atoms with E-state index in [1.165, 1.54) is 20.9 Å². The Morgan fingerprint density at radius 1 is 0.966 bits per heavy atom. The van der Waals surface area contributed by atoms with E-state index in [4.69, 9.17) is 23.2 Å². The highest BCUT2D eigenvalue weighted by Crippen LogP contribution is 2.45. The van der Waals surface area contributed by atoms with Crippen LogP contribution in [0.2, 0.25) is 10.0 Å². The van der Waals surface area contributed by atoms with E-state index in [1.54, 1.807) is 17.4 Å². The van der Waals surface area contributed by atoms with Crippen molar-refractivity contribution in [2.75, 3.05) is 31.1 Å². The normalized spacial score (nSPS) is 15.8. The molecule has 1 amide bonds. The van der Waals surface area contributed by atoms with Crippen molar-refractivity contribution in [3.05, 3.63) is 69.0 Å². The first kappa shape index (κ1) is 19.3. The van der Waals surface area contributed by atoms with Gasteiger partial charge in [0.15, 0.2) is 0 Å². The van der Waals surface area contributed by atoms with Crippen LogP contribution in [0.4, 0.5) is 5.69 Å². The van der Waals surface area contributed by atoms with E-state index in [1.807, 2.05) is 28.8 Å². The smallest absolute Gasteiger partial charge is 0.264 e. The molecule has 29 heavy (non-hydrogen) atoms. The predicted molar refractivity (Wildman–Crippen MR) is 124 cm³/mol. The fraction of sp³-hybridized carbons (Fsp3) is 0.227. The van der Waals surface area contributed by atoms with Gasteiger partial charge < -0.3 is 9.80 Å². The Morgan fingerprint density at radius 2 is 1.76 bits per heavy atom. The fourth-order valence-corrected chi connectivity index (χ4v) is 6.63. The number of nitrogens with zero attached hydrogens (tertiary/aromatic N) is 2. The van der Waals surface area contributed by atoms with E-state index >= 15 is 0 Å². The lowest BCUT2D eigenvalue weighted by Gasteiger charge is -2.36. The lowest BCUT2D eigenvalue weighted by Crippen LogP contribution is -2.48. The molecular formula is C22H18Cl2N2OS2. The Hall–Kier alpha value is -1.66. The van der Waals surface area contributed by atoms with Gasteiger partial charge >= 0.3 is 0 Å². The van der Waals surface area contributed by atoms with Crippen molar-refractivity contribution in [1.82, 2.24) is 4.90 Å². The molecule has 5 rings (SSSR count). The minimum absolute atomic E-state index is 0.128. The molecule has 3 nitrogen and oxygen atoms in total. The summed E-state index contributed by atoms with van der Waals surface area (Å²) in [6.45, 7) is 2.84. The molecule has 148 valence electrons. The first-order valence-electron chi connectivity index (χ1n) is 9.44. The molecule has 7 heteroatoms. The molecule has 0 atom stereocenters. The molecule has 0 saturated carbocycles. The lowest BCUT2D eigenvalue weighted by molar-refractivity contribution is 0.0751. The van der Waals surface area contributed by atoms with Gasteiger partial charge in [0.25, 0.3) is 5.91 Å². The number of fused-ring (bicyclic) bond motifs is 3. The van der Waals surface area contributed by atoms with Crippen LogP contribution in [0.25, 0.3) is 10.4 Å². The third kappa shape index (κ3) is 3.66. The number of thioether (sulfide) groups is 1. The Labute approximate surface area is 188 Å². The molecule has 1 aromatic heterocycles. The summed E-state index contributed by atoms with van der Waals surface area (Å²) >= 11 is 15.9. The fourth-order valence-electron chi connectivity index (χ4n) is 3.84. The summed E-state index contributed by atoms with van der Waals surface area (Å²) in [4.78, 5) is 20.7. The second kappa shape index (κ2) is 7.88. The molecule has 2 aliphatic rings. The second-order valence-corrected chi connectivity index (χ2v) is 10.0. The first-order chi connectivity index (χ1) is 14.1. The Morgan fingerprint density at radius 3 is 2.59 bits per heavy atom. The van der Waals surface area contributed by atoms with Crippen LogP contribution >= 0.6 is 46.3 Å². The van der Waals surface area contributed by atoms with Gasteiger partial charge in [-0.2, -0.15) is 0 Å². The highest BCUT2D eigenvalue weighted by molar-refractivity contribution is 7.98. The number of rotatable bonds is 2. The highest BCUT2D eigenvalue weighted by atomic mass is 35.5. The first-order valence-corrected chi connectivity index (χ1v) is 12.0. The maximum absolute atomic E-state index is 13.2. The molecule has 0 N–H and O–H groups in total. The standard InChI is InChI=1S/C22H18Cl2N2OS2/c23-15-5-6-17(24)18(12-15)25-7-9-26(10-8-25)22(27)20-11-14-13-28-19-4-2-1-3-16(19)21(14)29-20/h1-6,11-12H,7-10,13H2. The van der Waals surface area contributed by atoms with Gasteiger partial charge in [-0.05, 0) is 35.9 Å². The van der Waals surface area contributed by atoms with Gasteiger partial charge in [-0.3, -0.25) is 4.79 Å². The molecule has 0 spiro atoms. The number of hydrogen-bond acceptors (Lipinski definition) is 4. The number of anilines is 1. The average molecular weight is 461 g/mol. The van der Waals surface area contributed by atoms with Crippen molar-refractivity contribution in [3.8, 4) is 10.4 Å². The SMILES string of the molecule is O=C(c1cc2c(s1)-c1ccccc1SC2)N1CCN(c2cc(Cl)ccc2Cl)CC1. The molecule has 1 saturated heterocycles. The van der Waals surface area contributed by atoms with Gasteiger partial charge in [0.05, 0.1) is 15.6 Å². The van der Waals surface area contributed by atoms with Gasteiger partial charge in [-0.15, -0.1) is 23.1 Å². The number of thiophene rings is 1. The third-order valence-electron chi connectivity index (χ3n) is 5.35. The van der Waals surface area contributed by atoms with Crippen molar-refractivity contribution >= 4 is 57.9 Å². The van der Waals surface area contributed by atoms with Crippen molar-refractivity contribution in [2.24, 2.45) is 0 Å². The van der Waals surface area contributed by atoms with E-state index in [2.05, 4.69) is 35.2 Å². The van der Waals surface area contributed by atoms with Gasteiger partial charge in [0, 0.05) is 52.3 Å². The Bertz CT molecular complexity index is 1090. The molecule has 0 aliphatic carbocycles. The monoisotopic (exact) mass is 460 g/mol. The molecule has 2 aliphatic heterocycles.